The molecule has 0 aromatic heterocycles. The topological polar surface area (TPSA) is 78.2 Å². The Morgan fingerprint density at radius 3 is 2.44 bits per heavy atom. The molecule has 4 saturated carbocycles. The normalized spacial score (nSPS) is 51.6. The monoisotopic (exact) mass is 465 g/mol. The minimum Gasteiger partial charge on any atom is -0.481 e. The van der Waals surface area contributed by atoms with Crippen LogP contribution in [0.2, 0.25) is 0 Å². The summed E-state index contributed by atoms with van der Waals surface area (Å²) in [6.07, 6.45) is 10.4. The number of carboxylic acids is 1. The second-order valence-corrected chi connectivity index (χ2v) is 14.3. The Morgan fingerprint density at radius 1 is 1.09 bits per heavy atom. The lowest BCUT2D eigenvalue weighted by Gasteiger charge is -2.69. The van der Waals surface area contributed by atoms with Crippen LogP contribution in [0.25, 0.3) is 0 Å². The van der Waals surface area contributed by atoms with Crippen molar-refractivity contribution in [3.05, 3.63) is 11.6 Å². The number of nitrogens with zero attached hydrogens (tertiary/aromatic N) is 1. The molecule has 10 atom stereocenters. The Hall–Kier alpha value is -1.63. The average Bonchev–Trinajstić information content (AvgIpc) is 2.75. The van der Waals surface area contributed by atoms with Gasteiger partial charge in [0, 0.05) is 5.92 Å². The fraction of sp³-hybridized carbons (Fsp3) is 0.833. The molecule has 5 aliphatic carbocycles. The Morgan fingerprint density at radius 2 is 1.79 bits per heavy atom. The summed E-state index contributed by atoms with van der Waals surface area (Å²) in [5, 5.41) is 19.9. The van der Waals surface area contributed by atoms with E-state index in [-0.39, 0.29) is 45.2 Å². The lowest BCUT2D eigenvalue weighted by molar-refractivity contribution is -0.174. The molecular weight excluding hydrogens is 422 g/mol. The highest BCUT2D eigenvalue weighted by Crippen LogP contribution is 2.73. The predicted octanol–water partition coefficient (Wildman–Crippen LogP) is 6.66. The first-order valence-corrected chi connectivity index (χ1v) is 13.7. The van der Waals surface area contributed by atoms with E-state index in [1.54, 1.807) is 5.57 Å². The largest absolute Gasteiger partial charge is 0.481 e. The minimum atomic E-state index is -0.608. The molecular formula is C30H43NO3. The van der Waals surface area contributed by atoms with Crippen LogP contribution in [0, 0.1) is 74.4 Å². The van der Waals surface area contributed by atoms with E-state index < -0.39 is 11.9 Å². The van der Waals surface area contributed by atoms with Gasteiger partial charge in [-0.05, 0) is 96.7 Å². The smallest absolute Gasteiger partial charge is 0.306 e. The second kappa shape index (κ2) is 7.44. The summed E-state index contributed by atoms with van der Waals surface area (Å²) in [6.45, 7) is 14.0. The van der Waals surface area contributed by atoms with Crippen LogP contribution < -0.4 is 0 Å². The molecule has 0 bridgehead atoms. The van der Waals surface area contributed by atoms with Gasteiger partial charge in [0.25, 0.3) is 0 Å². The molecule has 34 heavy (non-hydrogen) atoms. The third-order valence-corrected chi connectivity index (χ3v) is 12.3. The lowest BCUT2D eigenvalue weighted by Crippen LogP contribution is -2.63. The number of fused-ring (bicyclic) bond motifs is 7. The van der Waals surface area contributed by atoms with E-state index in [1.807, 2.05) is 0 Å². The van der Waals surface area contributed by atoms with Crippen LogP contribution in [0.5, 0.6) is 0 Å². The van der Waals surface area contributed by atoms with Crippen LogP contribution in [-0.4, -0.2) is 16.9 Å². The third-order valence-electron chi connectivity index (χ3n) is 12.3. The molecule has 5 rings (SSSR count). The zero-order chi connectivity index (χ0) is 24.8. The fourth-order valence-corrected chi connectivity index (χ4v) is 10.5. The van der Waals surface area contributed by atoms with Gasteiger partial charge in [0.05, 0.1) is 12.0 Å². The maximum atomic E-state index is 12.9. The van der Waals surface area contributed by atoms with Gasteiger partial charge in [-0.15, -0.1) is 0 Å². The molecule has 0 spiro atoms. The molecule has 0 aliphatic heterocycles. The van der Waals surface area contributed by atoms with Crippen molar-refractivity contribution in [2.75, 3.05) is 0 Å². The van der Waals surface area contributed by atoms with Crippen molar-refractivity contribution in [3.63, 3.8) is 0 Å². The maximum absolute atomic E-state index is 12.9. The van der Waals surface area contributed by atoms with Crippen LogP contribution in [0.1, 0.15) is 92.9 Å². The zero-order valence-corrected chi connectivity index (χ0v) is 22.0. The van der Waals surface area contributed by atoms with Gasteiger partial charge in [-0.2, -0.15) is 5.26 Å². The minimum absolute atomic E-state index is 0.00194. The summed E-state index contributed by atoms with van der Waals surface area (Å²) in [4.78, 5) is 25.2. The number of carbonyl (C=O) groups excluding carboxylic acids is 1. The molecule has 4 fully saturated rings. The van der Waals surface area contributed by atoms with Gasteiger partial charge in [-0.1, -0.05) is 53.2 Å². The van der Waals surface area contributed by atoms with E-state index in [9.17, 15) is 20.0 Å². The maximum Gasteiger partial charge on any atom is 0.306 e. The predicted molar refractivity (Wildman–Crippen MR) is 131 cm³/mol. The van der Waals surface area contributed by atoms with Gasteiger partial charge in [-0.25, -0.2) is 0 Å². The summed E-state index contributed by atoms with van der Waals surface area (Å²) >= 11 is 0. The van der Waals surface area contributed by atoms with E-state index in [0.29, 0.717) is 24.2 Å². The number of carbonyl (C=O) groups is 2. The molecule has 4 nitrogen and oxygen atoms in total. The number of Topliss-reactive ketones (excluding diaryl/α,β-unsaturated/α-hetero) is 1. The summed E-state index contributed by atoms with van der Waals surface area (Å²) < 4.78 is 0. The van der Waals surface area contributed by atoms with Crippen LogP contribution in [0.4, 0.5) is 0 Å². The van der Waals surface area contributed by atoms with E-state index in [2.05, 4.69) is 53.7 Å². The van der Waals surface area contributed by atoms with Crippen molar-refractivity contribution >= 4 is 11.8 Å². The highest BCUT2D eigenvalue weighted by atomic mass is 16.4. The number of hydrogen-bond acceptors (Lipinski definition) is 3. The molecule has 0 radical (unpaired) electrons. The third kappa shape index (κ3) is 3.00. The average molecular weight is 466 g/mol. The van der Waals surface area contributed by atoms with Gasteiger partial charge >= 0.3 is 5.97 Å². The molecule has 0 heterocycles. The number of nitriles is 1. The van der Waals surface area contributed by atoms with Crippen molar-refractivity contribution in [3.8, 4) is 6.07 Å². The van der Waals surface area contributed by atoms with Crippen molar-refractivity contribution in [2.45, 2.75) is 92.9 Å². The number of hydrogen-bond donors (Lipinski definition) is 1. The van der Waals surface area contributed by atoms with Gasteiger partial charge in [0.1, 0.15) is 5.92 Å². The Kier molecular flexibility index (Phi) is 5.27. The molecule has 1 N–H and O–H groups in total. The molecule has 4 heteroatoms. The van der Waals surface area contributed by atoms with Crippen molar-refractivity contribution in [1.29, 1.82) is 5.26 Å². The molecule has 5 aliphatic rings. The number of aliphatic carboxylic acids is 1. The summed E-state index contributed by atoms with van der Waals surface area (Å²) in [7, 11) is 0. The first-order chi connectivity index (χ1) is 15.8. The number of rotatable bonds is 1. The van der Waals surface area contributed by atoms with Gasteiger partial charge in [0.2, 0.25) is 0 Å². The highest BCUT2D eigenvalue weighted by Gasteiger charge is 2.67. The molecule has 0 amide bonds. The highest BCUT2D eigenvalue weighted by molar-refractivity contribution is 5.86. The first kappa shape index (κ1) is 24.1. The van der Waals surface area contributed by atoms with Gasteiger partial charge in [0.15, 0.2) is 5.78 Å². The summed E-state index contributed by atoms with van der Waals surface area (Å²) in [5.74, 6) is 0.266. The Labute approximate surface area is 205 Å². The number of ketones is 1. The fourth-order valence-electron chi connectivity index (χ4n) is 10.5. The van der Waals surface area contributed by atoms with Crippen LogP contribution in [0.3, 0.4) is 0 Å². The molecule has 0 aromatic carbocycles. The molecule has 186 valence electrons. The van der Waals surface area contributed by atoms with Crippen LogP contribution >= 0.6 is 0 Å². The van der Waals surface area contributed by atoms with Crippen LogP contribution in [0.15, 0.2) is 11.6 Å². The van der Waals surface area contributed by atoms with Crippen LogP contribution in [-0.2, 0) is 9.59 Å². The van der Waals surface area contributed by atoms with Gasteiger partial charge in [-0.3, -0.25) is 9.59 Å². The van der Waals surface area contributed by atoms with Crippen molar-refractivity contribution < 1.29 is 14.7 Å². The molecule has 0 saturated heterocycles. The standard InChI is InChI=1S/C30H43NO3/c1-17-22-10-12-30(6)24(28(22,4)13-18(16-31)25(17)32)8-7-23-20-14-27(2,3)15-21(26(33)34)19(20)9-11-29(23,30)5/h7,17-22,24H,8-15H2,1-6H3,(H,33,34)/t17?,18?,19?,20?,21-,22?,24?,28?,29?,30?/m1/s1. The molecule has 9 unspecified atom stereocenters. The van der Waals surface area contributed by atoms with Crippen molar-refractivity contribution in [2.24, 2.45) is 63.1 Å². The van der Waals surface area contributed by atoms with E-state index in [1.165, 1.54) is 0 Å². The quantitative estimate of drug-likeness (QED) is 0.439. The number of allylic oxidation sites excluding steroid dienone is 2. The zero-order valence-electron chi connectivity index (χ0n) is 22.0. The van der Waals surface area contributed by atoms with E-state index >= 15 is 0 Å². The second-order valence-electron chi connectivity index (χ2n) is 14.3. The lowest BCUT2D eigenvalue weighted by atomic mass is 9.35. The Balaban J connectivity index is 1.57. The Bertz CT molecular complexity index is 989. The van der Waals surface area contributed by atoms with Gasteiger partial charge < -0.3 is 5.11 Å². The SMILES string of the molecule is CC1C(=O)C(C#N)CC2(C)C1CCC1(C)C2CC=C2C3CC(C)(C)C[C@@H](C(=O)O)C3CCC21C. The van der Waals surface area contributed by atoms with E-state index in [4.69, 9.17) is 0 Å². The first-order valence-electron chi connectivity index (χ1n) is 13.7. The number of carboxylic acid groups (broad SMARTS) is 1. The molecule has 0 aromatic rings. The van der Waals surface area contributed by atoms with E-state index in [0.717, 1.165) is 44.9 Å². The summed E-state index contributed by atoms with van der Waals surface area (Å²) in [5.41, 5.74) is 1.78. The van der Waals surface area contributed by atoms with Crippen molar-refractivity contribution in [1.82, 2.24) is 0 Å². The summed E-state index contributed by atoms with van der Waals surface area (Å²) in [6, 6.07) is 2.36.